The number of rotatable bonds is 7. The minimum atomic E-state index is -3.49. The molecule has 2 rings (SSSR count). The van der Waals surface area contributed by atoms with Gasteiger partial charge in [0.1, 0.15) is 0 Å². The molecule has 11 heteroatoms. The van der Waals surface area contributed by atoms with Crippen molar-refractivity contribution < 1.29 is 31.2 Å². The maximum Gasteiger partial charge on any atom is 0.338 e. The Morgan fingerprint density at radius 2 is 2.04 bits per heavy atom. The molecule has 0 bridgehead atoms. The van der Waals surface area contributed by atoms with Crippen molar-refractivity contribution in [2.24, 2.45) is 0 Å². The molecular formula is C16H22N2O7S2. The number of nitrogens with zero attached hydrogens (tertiary/aromatic N) is 1. The number of nitrogens with one attached hydrogen (secondary N) is 1. The number of benzene rings is 1. The van der Waals surface area contributed by atoms with E-state index in [0.29, 0.717) is 13.0 Å². The van der Waals surface area contributed by atoms with Crippen molar-refractivity contribution in [2.45, 2.75) is 19.4 Å². The second-order valence-corrected chi connectivity index (χ2v) is 10.2. The molecule has 1 aliphatic heterocycles. The molecule has 0 saturated carbocycles. The highest BCUT2D eigenvalue weighted by molar-refractivity contribution is 7.92. The summed E-state index contributed by atoms with van der Waals surface area (Å²) in [6.07, 6.45) is 1.36. The molecule has 1 fully saturated rings. The van der Waals surface area contributed by atoms with Crippen LogP contribution in [-0.4, -0.2) is 70.6 Å². The normalized spacial score (nSPS) is 18.7. The van der Waals surface area contributed by atoms with Crippen LogP contribution in [0.2, 0.25) is 0 Å². The van der Waals surface area contributed by atoms with Crippen molar-refractivity contribution in [2.75, 3.05) is 35.6 Å². The van der Waals surface area contributed by atoms with E-state index in [-0.39, 0.29) is 22.8 Å². The van der Waals surface area contributed by atoms with Gasteiger partial charge in [0.05, 0.1) is 23.3 Å². The third-order valence-corrected chi connectivity index (χ3v) is 6.40. The molecular weight excluding hydrogens is 396 g/mol. The third kappa shape index (κ3) is 6.21. The van der Waals surface area contributed by atoms with Gasteiger partial charge in [-0.25, -0.2) is 21.6 Å². The van der Waals surface area contributed by atoms with Crippen LogP contribution < -0.4 is 4.72 Å². The first kappa shape index (κ1) is 21.2. The molecule has 0 radical (unpaired) electrons. The first-order valence-electron chi connectivity index (χ1n) is 8.25. The van der Waals surface area contributed by atoms with Crippen molar-refractivity contribution in [3.05, 3.63) is 29.8 Å². The predicted octanol–water partition coefficient (Wildman–Crippen LogP) is 0.251. The number of carbonyl (C=O) groups excluding carboxylic acids is 2. The predicted molar refractivity (Wildman–Crippen MR) is 99.6 cm³/mol. The maximum atomic E-state index is 12.3. The molecule has 1 aromatic rings. The zero-order chi connectivity index (χ0) is 20.2. The van der Waals surface area contributed by atoms with Gasteiger partial charge >= 0.3 is 5.97 Å². The van der Waals surface area contributed by atoms with Gasteiger partial charge in [0.15, 0.2) is 16.4 Å². The van der Waals surface area contributed by atoms with Gasteiger partial charge in [0.2, 0.25) is 10.0 Å². The molecule has 1 saturated heterocycles. The maximum absolute atomic E-state index is 12.3. The summed E-state index contributed by atoms with van der Waals surface area (Å²) in [4.78, 5) is 25.9. The Balaban J connectivity index is 1.98. The van der Waals surface area contributed by atoms with Crippen molar-refractivity contribution >= 4 is 37.4 Å². The molecule has 1 heterocycles. The molecule has 9 nitrogen and oxygen atoms in total. The Morgan fingerprint density at radius 1 is 1.33 bits per heavy atom. The van der Waals surface area contributed by atoms with Gasteiger partial charge in [-0.1, -0.05) is 6.07 Å². The fourth-order valence-corrected chi connectivity index (χ4v) is 5.16. The Labute approximate surface area is 158 Å². The van der Waals surface area contributed by atoms with E-state index in [4.69, 9.17) is 4.74 Å². The summed E-state index contributed by atoms with van der Waals surface area (Å²) < 4.78 is 53.0. The fraction of sp³-hybridized carbons (Fsp3) is 0.500. The van der Waals surface area contributed by atoms with E-state index >= 15 is 0 Å². The second-order valence-electron chi connectivity index (χ2n) is 6.27. The van der Waals surface area contributed by atoms with E-state index in [1.165, 1.54) is 29.2 Å². The summed E-state index contributed by atoms with van der Waals surface area (Å²) in [5.41, 5.74) is 0.285. The van der Waals surface area contributed by atoms with Crippen LogP contribution in [-0.2, 0) is 29.4 Å². The molecule has 1 unspecified atom stereocenters. The largest absolute Gasteiger partial charge is 0.452 e. The summed E-state index contributed by atoms with van der Waals surface area (Å²) in [7, 11) is -6.63. The first-order chi connectivity index (χ1) is 12.5. The van der Waals surface area contributed by atoms with Gasteiger partial charge in [0.25, 0.3) is 5.91 Å². The summed E-state index contributed by atoms with van der Waals surface area (Å²) in [5, 5.41) is 0. The van der Waals surface area contributed by atoms with Crippen LogP contribution in [0.15, 0.2) is 24.3 Å². The summed E-state index contributed by atoms with van der Waals surface area (Å²) in [5.74, 6) is -1.30. The Hall–Kier alpha value is -2.14. The Bertz CT molecular complexity index is 926. The molecule has 1 amide bonds. The molecule has 1 N–H and O–H groups in total. The standard InChI is InChI=1S/C16H22N2O7S2/c1-3-18(14-7-8-27(23,24)11-14)15(19)10-25-16(20)12-5-4-6-13(9-12)17-26(2,21)22/h4-6,9,14,17H,3,7-8,10-11H2,1-2H3. The molecule has 1 aliphatic rings. The van der Waals surface area contributed by atoms with Crippen molar-refractivity contribution in [1.29, 1.82) is 0 Å². The number of ether oxygens (including phenoxy) is 1. The Morgan fingerprint density at radius 3 is 2.59 bits per heavy atom. The zero-order valence-electron chi connectivity index (χ0n) is 15.0. The average molecular weight is 418 g/mol. The summed E-state index contributed by atoms with van der Waals surface area (Å²) in [6.45, 7) is 1.52. The number of sulfonamides is 1. The van der Waals surface area contributed by atoms with E-state index in [1.54, 1.807) is 6.92 Å². The van der Waals surface area contributed by atoms with E-state index < -0.39 is 44.4 Å². The fourth-order valence-electron chi connectivity index (χ4n) is 2.88. The van der Waals surface area contributed by atoms with Crippen LogP contribution in [0.1, 0.15) is 23.7 Å². The van der Waals surface area contributed by atoms with Gasteiger partial charge in [0, 0.05) is 18.3 Å². The number of sulfone groups is 1. The quantitative estimate of drug-likeness (QED) is 0.629. The molecule has 0 aliphatic carbocycles. The van der Waals surface area contributed by atoms with Crippen LogP contribution in [0.25, 0.3) is 0 Å². The van der Waals surface area contributed by atoms with Crippen LogP contribution in [0.3, 0.4) is 0 Å². The van der Waals surface area contributed by atoms with E-state index in [9.17, 15) is 26.4 Å². The van der Waals surface area contributed by atoms with Crippen LogP contribution in [0.5, 0.6) is 0 Å². The highest BCUT2D eigenvalue weighted by Gasteiger charge is 2.34. The molecule has 150 valence electrons. The molecule has 1 atom stereocenters. The summed E-state index contributed by atoms with van der Waals surface area (Å²) in [6, 6.07) is 5.28. The molecule has 1 aromatic carbocycles. The minimum absolute atomic E-state index is 0.0430. The number of hydrogen-bond donors (Lipinski definition) is 1. The van der Waals surface area contributed by atoms with E-state index in [1.807, 2.05) is 0 Å². The molecule has 27 heavy (non-hydrogen) atoms. The number of esters is 1. The number of carbonyl (C=O) groups is 2. The second kappa shape index (κ2) is 8.26. The topological polar surface area (TPSA) is 127 Å². The Kier molecular flexibility index (Phi) is 6.47. The van der Waals surface area contributed by atoms with Gasteiger partial charge < -0.3 is 9.64 Å². The summed E-state index contributed by atoms with van der Waals surface area (Å²) >= 11 is 0. The first-order valence-corrected chi connectivity index (χ1v) is 12.0. The number of hydrogen-bond acceptors (Lipinski definition) is 7. The van der Waals surface area contributed by atoms with E-state index in [0.717, 1.165) is 6.26 Å². The van der Waals surface area contributed by atoms with E-state index in [2.05, 4.69) is 4.72 Å². The number of amides is 1. The smallest absolute Gasteiger partial charge is 0.338 e. The highest BCUT2D eigenvalue weighted by Crippen LogP contribution is 2.18. The van der Waals surface area contributed by atoms with Gasteiger partial charge in [-0.2, -0.15) is 0 Å². The lowest BCUT2D eigenvalue weighted by Crippen LogP contribution is -2.43. The lowest BCUT2D eigenvalue weighted by atomic mass is 10.2. The number of anilines is 1. The van der Waals surface area contributed by atoms with Crippen LogP contribution in [0, 0.1) is 0 Å². The monoisotopic (exact) mass is 418 g/mol. The SMILES string of the molecule is CCN(C(=O)COC(=O)c1cccc(NS(C)(=O)=O)c1)C1CCS(=O)(=O)C1. The lowest BCUT2D eigenvalue weighted by molar-refractivity contribution is -0.136. The highest BCUT2D eigenvalue weighted by atomic mass is 32.2. The van der Waals surface area contributed by atoms with Crippen LogP contribution in [0.4, 0.5) is 5.69 Å². The van der Waals surface area contributed by atoms with Gasteiger partial charge in [-0.3, -0.25) is 9.52 Å². The zero-order valence-corrected chi connectivity index (χ0v) is 16.7. The molecule has 0 spiro atoms. The lowest BCUT2D eigenvalue weighted by Gasteiger charge is -2.26. The number of likely N-dealkylation sites (N-methyl/N-ethyl adjacent to an activating group) is 1. The third-order valence-electron chi connectivity index (χ3n) is 4.04. The van der Waals surface area contributed by atoms with Crippen molar-refractivity contribution in [3.63, 3.8) is 0 Å². The average Bonchev–Trinajstić information content (AvgIpc) is 2.91. The molecule has 0 aromatic heterocycles. The van der Waals surface area contributed by atoms with Gasteiger partial charge in [-0.05, 0) is 31.5 Å². The van der Waals surface area contributed by atoms with Gasteiger partial charge in [-0.15, -0.1) is 0 Å². The van der Waals surface area contributed by atoms with Crippen LogP contribution >= 0.6 is 0 Å². The van der Waals surface area contributed by atoms with Crippen molar-refractivity contribution in [1.82, 2.24) is 4.90 Å². The minimum Gasteiger partial charge on any atom is -0.452 e. The van der Waals surface area contributed by atoms with Crippen molar-refractivity contribution in [3.8, 4) is 0 Å².